The maximum absolute atomic E-state index is 12.9. The lowest BCUT2D eigenvalue weighted by atomic mass is 9.90. The van der Waals surface area contributed by atoms with Crippen molar-refractivity contribution in [2.75, 3.05) is 31.6 Å². The van der Waals surface area contributed by atoms with E-state index >= 15 is 0 Å². The molecule has 1 heterocycles. The van der Waals surface area contributed by atoms with Crippen molar-refractivity contribution in [3.63, 3.8) is 0 Å². The van der Waals surface area contributed by atoms with Crippen molar-refractivity contribution >= 4 is 11.6 Å². The number of rotatable bonds is 6. The maximum Gasteiger partial charge on any atom is 0.228 e. The standard InChI is InChI=1S/C24H32N2O2/c1-18-7-4-8-19(13-18)20-9-5-11-22(14-20)25-23(28)21-10-6-12-26(15-21)16-24(2,3)17-27/h4-5,7-9,11,13-14,21,27H,6,10,12,15-17H2,1-3H3,(H,25,28)/t21-/m1/s1. The summed E-state index contributed by atoms with van der Waals surface area (Å²) in [6, 6.07) is 16.4. The minimum Gasteiger partial charge on any atom is -0.396 e. The van der Waals surface area contributed by atoms with Crippen LogP contribution in [0.1, 0.15) is 32.3 Å². The number of amides is 1. The first-order valence-corrected chi connectivity index (χ1v) is 10.2. The highest BCUT2D eigenvalue weighted by Crippen LogP contribution is 2.26. The minimum atomic E-state index is -0.138. The number of carbonyl (C=O) groups is 1. The van der Waals surface area contributed by atoms with Gasteiger partial charge < -0.3 is 15.3 Å². The highest BCUT2D eigenvalue weighted by Gasteiger charge is 2.29. The number of anilines is 1. The number of piperidine rings is 1. The van der Waals surface area contributed by atoms with Gasteiger partial charge in [-0.15, -0.1) is 0 Å². The molecule has 1 fully saturated rings. The number of nitrogens with one attached hydrogen (secondary N) is 1. The first kappa shape index (κ1) is 20.6. The molecule has 4 nitrogen and oxygen atoms in total. The molecule has 0 bridgehead atoms. The van der Waals surface area contributed by atoms with Gasteiger partial charge in [-0.05, 0) is 49.6 Å². The van der Waals surface area contributed by atoms with Gasteiger partial charge in [-0.3, -0.25) is 4.79 Å². The second kappa shape index (κ2) is 8.89. The van der Waals surface area contributed by atoms with Crippen LogP contribution in [-0.2, 0) is 4.79 Å². The lowest BCUT2D eigenvalue weighted by Crippen LogP contribution is -2.45. The smallest absolute Gasteiger partial charge is 0.228 e. The van der Waals surface area contributed by atoms with Crippen LogP contribution in [-0.4, -0.2) is 42.2 Å². The molecule has 0 aromatic heterocycles. The molecular formula is C24H32N2O2. The number of benzene rings is 2. The van der Waals surface area contributed by atoms with E-state index in [4.69, 9.17) is 0 Å². The van der Waals surface area contributed by atoms with E-state index < -0.39 is 0 Å². The Morgan fingerprint density at radius 1 is 1.18 bits per heavy atom. The molecule has 0 aliphatic carbocycles. The van der Waals surface area contributed by atoms with Crippen LogP contribution in [0.25, 0.3) is 11.1 Å². The predicted octanol–water partition coefficient (Wildman–Crippen LogP) is 4.33. The summed E-state index contributed by atoms with van der Waals surface area (Å²) in [5.41, 5.74) is 4.19. The molecule has 28 heavy (non-hydrogen) atoms. The molecule has 0 saturated carbocycles. The van der Waals surface area contributed by atoms with Crippen LogP contribution >= 0.6 is 0 Å². The molecule has 2 aromatic carbocycles. The average molecular weight is 381 g/mol. The Balaban J connectivity index is 1.65. The normalized spacial score (nSPS) is 18.1. The third-order valence-corrected chi connectivity index (χ3v) is 5.44. The molecule has 2 N–H and O–H groups in total. The van der Waals surface area contributed by atoms with Crippen molar-refractivity contribution in [1.82, 2.24) is 4.90 Å². The van der Waals surface area contributed by atoms with Gasteiger partial charge in [0, 0.05) is 30.8 Å². The molecule has 1 aliphatic rings. The van der Waals surface area contributed by atoms with Gasteiger partial charge in [0.05, 0.1) is 5.92 Å². The molecule has 3 rings (SSSR count). The van der Waals surface area contributed by atoms with E-state index in [1.807, 2.05) is 18.2 Å². The third-order valence-electron chi connectivity index (χ3n) is 5.44. The molecule has 1 atom stereocenters. The number of hydrogen-bond donors (Lipinski definition) is 2. The highest BCUT2D eigenvalue weighted by atomic mass is 16.3. The van der Waals surface area contributed by atoms with Crippen molar-refractivity contribution in [1.29, 1.82) is 0 Å². The van der Waals surface area contributed by atoms with Crippen LogP contribution in [0.3, 0.4) is 0 Å². The zero-order chi connectivity index (χ0) is 20.1. The lowest BCUT2D eigenvalue weighted by molar-refractivity contribution is -0.121. The van der Waals surface area contributed by atoms with Gasteiger partial charge >= 0.3 is 0 Å². The zero-order valence-electron chi connectivity index (χ0n) is 17.2. The quantitative estimate of drug-likeness (QED) is 0.784. The van der Waals surface area contributed by atoms with Crippen LogP contribution in [0.15, 0.2) is 48.5 Å². The fourth-order valence-electron chi connectivity index (χ4n) is 3.91. The number of hydrogen-bond acceptors (Lipinski definition) is 3. The molecule has 1 saturated heterocycles. The van der Waals surface area contributed by atoms with Crippen LogP contribution < -0.4 is 5.32 Å². The summed E-state index contributed by atoms with van der Waals surface area (Å²) in [7, 11) is 0. The van der Waals surface area contributed by atoms with Gasteiger partial charge in [0.15, 0.2) is 0 Å². The van der Waals surface area contributed by atoms with Crippen LogP contribution in [0.2, 0.25) is 0 Å². The number of likely N-dealkylation sites (tertiary alicyclic amines) is 1. The molecule has 1 aliphatic heterocycles. The molecule has 0 spiro atoms. The summed E-state index contributed by atoms with van der Waals surface area (Å²) in [5, 5.41) is 12.6. The Kier molecular flexibility index (Phi) is 6.53. The number of aryl methyl sites for hydroxylation is 1. The molecule has 2 aromatic rings. The van der Waals surface area contributed by atoms with Crippen molar-refractivity contribution in [3.8, 4) is 11.1 Å². The van der Waals surface area contributed by atoms with Gasteiger partial charge in [0.1, 0.15) is 0 Å². The van der Waals surface area contributed by atoms with Gasteiger partial charge in [-0.1, -0.05) is 55.8 Å². The van der Waals surface area contributed by atoms with E-state index in [1.54, 1.807) is 0 Å². The topological polar surface area (TPSA) is 52.6 Å². The summed E-state index contributed by atoms with van der Waals surface area (Å²) in [6.45, 7) is 8.94. The summed E-state index contributed by atoms with van der Waals surface area (Å²) < 4.78 is 0. The first-order chi connectivity index (χ1) is 13.4. The summed E-state index contributed by atoms with van der Waals surface area (Å²) in [5.74, 6) is 0.0822. The van der Waals surface area contributed by atoms with Crippen molar-refractivity contribution in [2.24, 2.45) is 11.3 Å². The number of nitrogens with zero attached hydrogens (tertiary/aromatic N) is 1. The summed E-state index contributed by atoms with van der Waals surface area (Å²) in [4.78, 5) is 15.2. The molecule has 0 radical (unpaired) electrons. The molecule has 150 valence electrons. The van der Waals surface area contributed by atoms with Gasteiger partial charge in [-0.2, -0.15) is 0 Å². The Labute approximate surface area is 168 Å². The van der Waals surface area contributed by atoms with E-state index in [2.05, 4.69) is 61.3 Å². The molecule has 0 unspecified atom stereocenters. The van der Waals surface area contributed by atoms with Crippen LogP contribution in [0, 0.1) is 18.3 Å². The number of aliphatic hydroxyl groups excluding tert-OH is 1. The van der Waals surface area contributed by atoms with E-state index in [-0.39, 0.29) is 23.8 Å². The van der Waals surface area contributed by atoms with Crippen LogP contribution in [0.5, 0.6) is 0 Å². The predicted molar refractivity (Wildman–Crippen MR) is 115 cm³/mol. The molecular weight excluding hydrogens is 348 g/mol. The zero-order valence-corrected chi connectivity index (χ0v) is 17.2. The van der Waals surface area contributed by atoms with E-state index in [0.29, 0.717) is 0 Å². The minimum absolute atomic E-state index is 0.00845. The van der Waals surface area contributed by atoms with Crippen LogP contribution in [0.4, 0.5) is 5.69 Å². The van der Waals surface area contributed by atoms with Crippen molar-refractivity contribution < 1.29 is 9.90 Å². The maximum atomic E-state index is 12.9. The van der Waals surface area contributed by atoms with Gasteiger partial charge in [0.2, 0.25) is 5.91 Å². The second-order valence-electron chi connectivity index (χ2n) is 8.84. The second-order valence-corrected chi connectivity index (χ2v) is 8.84. The van der Waals surface area contributed by atoms with Gasteiger partial charge in [-0.25, -0.2) is 0 Å². The first-order valence-electron chi connectivity index (χ1n) is 10.2. The Hall–Kier alpha value is -2.17. The van der Waals surface area contributed by atoms with E-state index in [0.717, 1.165) is 49.3 Å². The monoisotopic (exact) mass is 380 g/mol. The number of carbonyl (C=O) groups excluding carboxylic acids is 1. The summed E-state index contributed by atoms with van der Waals surface area (Å²) in [6.07, 6.45) is 1.93. The van der Waals surface area contributed by atoms with E-state index in [9.17, 15) is 9.90 Å². The largest absolute Gasteiger partial charge is 0.396 e. The lowest BCUT2D eigenvalue weighted by Gasteiger charge is -2.36. The third kappa shape index (κ3) is 5.43. The fraction of sp³-hybridized carbons (Fsp3) is 0.458. The molecule has 1 amide bonds. The van der Waals surface area contributed by atoms with Crippen molar-refractivity contribution in [3.05, 3.63) is 54.1 Å². The SMILES string of the molecule is Cc1cccc(-c2cccc(NC(=O)[C@@H]3CCCN(CC(C)(C)CO)C3)c2)c1. The highest BCUT2D eigenvalue weighted by molar-refractivity contribution is 5.93. The Morgan fingerprint density at radius 3 is 2.61 bits per heavy atom. The van der Waals surface area contributed by atoms with E-state index in [1.165, 1.54) is 5.56 Å². The Morgan fingerprint density at radius 2 is 1.89 bits per heavy atom. The molecule has 4 heteroatoms. The Bertz CT molecular complexity index is 816. The number of aliphatic hydroxyl groups is 1. The average Bonchev–Trinajstić information content (AvgIpc) is 2.68. The summed E-state index contributed by atoms with van der Waals surface area (Å²) >= 11 is 0. The van der Waals surface area contributed by atoms with Gasteiger partial charge in [0.25, 0.3) is 0 Å². The fourth-order valence-corrected chi connectivity index (χ4v) is 3.91. The van der Waals surface area contributed by atoms with Crippen molar-refractivity contribution in [2.45, 2.75) is 33.6 Å².